The summed E-state index contributed by atoms with van der Waals surface area (Å²) < 4.78 is 14.9. The van der Waals surface area contributed by atoms with E-state index in [-0.39, 0.29) is 17.3 Å². The molecule has 2 N–H and O–H groups in total. The van der Waals surface area contributed by atoms with Crippen LogP contribution < -0.4 is 10.9 Å². The lowest BCUT2D eigenvalue weighted by molar-refractivity contribution is -0.111. The molecule has 0 atom stereocenters. The fourth-order valence-electron chi connectivity index (χ4n) is 3.33. The number of benzene rings is 2. The summed E-state index contributed by atoms with van der Waals surface area (Å²) in [6.07, 6.45) is 3.15. The first-order valence-corrected chi connectivity index (χ1v) is 9.88. The first-order chi connectivity index (χ1) is 15.4. The van der Waals surface area contributed by atoms with E-state index in [9.17, 15) is 14.0 Å². The van der Waals surface area contributed by atoms with Gasteiger partial charge in [0.2, 0.25) is 5.91 Å². The SMILES string of the molecule is Cc1nn(-c2ccc(F)cc2)c(C)c1/C=C/C(=O)Nc1cccc(-c2ccc(=O)[nH]n2)c1. The van der Waals surface area contributed by atoms with Gasteiger partial charge in [0, 0.05) is 34.7 Å². The number of nitrogens with zero attached hydrogens (tertiary/aromatic N) is 3. The molecule has 0 saturated heterocycles. The number of hydrogen-bond donors (Lipinski definition) is 2. The number of rotatable bonds is 5. The fraction of sp³-hybridized carbons (Fsp3) is 0.0833. The second-order valence-electron chi connectivity index (χ2n) is 7.18. The zero-order chi connectivity index (χ0) is 22.7. The van der Waals surface area contributed by atoms with Gasteiger partial charge in [-0.15, -0.1) is 0 Å². The topological polar surface area (TPSA) is 92.7 Å². The summed E-state index contributed by atoms with van der Waals surface area (Å²) in [4.78, 5) is 23.7. The standard InChI is InChI=1S/C24H20FN5O2/c1-15-21(16(2)30(29-15)20-8-6-18(25)7-9-20)10-12-23(31)26-19-5-3-4-17(14-19)22-11-13-24(32)28-27-22/h3-14H,1-2H3,(H,26,31)(H,28,32)/b12-10+. The van der Waals surface area contributed by atoms with Crippen LogP contribution >= 0.6 is 0 Å². The molecule has 32 heavy (non-hydrogen) atoms. The van der Waals surface area contributed by atoms with Crippen molar-refractivity contribution in [1.82, 2.24) is 20.0 Å². The second kappa shape index (κ2) is 8.81. The van der Waals surface area contributed by atoms with Gasteiger partial charge in [-0.1, -0.05) is 12.1 Å². The molecule has 0 bridgehead atoms. The number of halogens is 1. The third kappa shape index (κ3) is 4.54. The summed E-state index contributed by atoms with van der Waals surface area (Å²) >= 11 is 0. The van der Waals surface area contributed by atoms with Gasteiger partial charge in [0.1, 0.15) is 5.82 Å². The lowest BCUT2D eigenvalue weighted by Gasteiger charge is -2.05. The summed E-state index contributed by atoms with van der Waals surface area (Å²) in [7, 11) is 0. The third-order valence-electron chi connectivity index (χ3n) is 4.92. The highest BCUT2D eigenvalue weighted by Crippen LogP contribution is 2.21. The molecule has 2 aromatic heterocycles. The minimum atomic E-state index is -0.313. The van der Waals surface area contributed by atoms with Crippen LogP contribution in [0.5, 0.6) is 0 Å². The van der Waals surface area contributed by atoms with E-state index in [0.717, 1.165) is 28.2 Å². The number of carbonyl (C=O) groups excluding carboxylic acids is 1. The van der Waals surface area contributed by atoms with Gasteiger partial charge >= 0.3 is 0 Å². The fourth-order valence-corrected chi connectivity index (χ4v) is 3.33. The molecule has 2 aromatic carbocycles. The average Bonchev–Trinajstić information content (AvgIpc) is 3.07. The maximum absolute atomic E-state index is 13.2. The Hall–Kier alpha value is -4.33. The van der Waals surface area contributed by atoms with Gasteiger partial charge in [0.15, 0.2) is 0 Å². The van der Waals surface area contributed by atoms with Crippen molar-refractivity contribution in [3.63, 3.8) is 0 Å². The largest absolute Gasteiger partial charge is 0.322 e. The number of aryl methyl sites for hydroxylation is 1. The number of aromatic nitrogens is 4. The smallest absolute Gasteiger partial charge is 0.264 e. The van der Waals surface area contributed by atoms with Gasteiger partial charge in [-0.05, 0) is 62.4 Å². The predicted octanol–water partition coefficient (Wildman–Crippen LogP) is 4.03. The molecule has 0 saturated carbocycles. The number of hydrogen-bond acceptors (Lipinski definition) is 4. The normalized spacial score (nSPS) is 11.1. The Morgan fingerprint density at radius 3 is 2.59 bits per heavy atom. The van der Waals surface area contributed by atoms with Crippen molar-refractivity contribution < 1.29 is 9.18 Å². The van der Waals surface area contributed by atoms with Crippen LogP contribution in [0.15, 0.2) is 71.5 Å². The highest BCUT2D eigenvalue weighted by molar-refractivity contribution is 6.02. The van der Waals surface area contributed by atoms with Crippen LogP contribution in [0.2, 0.25) is 0 Å². The lowest BCUT2D eigenvalue weighted by Crippen LogP contribution is -2.08. The van der Waals surface area contributed by atoms with Crippen LogP contribution in [0.1, 0.15) is 17.0 Å². The van der Waals surface area contributed by atoms with E-state index < -0.39 is 0 Å². The van der Waals surface area contributed by atoms with Gasteiger partial charge in [-0.2, -0.15) is 10.2 Å². The van der Waals surface area contributed by atoms with E-state index in [0.29, 0.717) is 11.4 Å². The van der Waals surface area contributed by atoms with Crippen molar-refractivity contribution in [2.45, 2.75) is 13.8 Å². The van der Waals surface area contributed by atoms with Crippen molar-refractivity contribution in [2.24, 2.45) is 0 Å². The Kier molecular flexibility index (Phi) is 5.76. The average molecular weight is 429 g/mol. The molecule has 0 radical (unpaired) electrons. The molecule has 8 heteroatoms. The molecule has 0 aliphatic rings. The van der Waals surface area contributed by atoms with Gasteiger partial charge in [-0.3, -0.25) is 9.59 Å². The minimum Gasteiger partial charge on any atom is -0.322 e. The number of aromatic amines is 1. The summed E-state index contributed by atoms with van der Waals surface area (Å²) in [5.41, 5.74) is 4.81. The van der Waals surface area contributed by atoms with Crippen LogP contribution in [0.25, 0.3) is 23.0 Å². The van der Waals surface area contributed by atoms with Gasteiger partial charge in [0.25, 0.3) is 5.56 Å². The molecular weight excluding hydrogens is 409 g/mol. The zero-order valence-corrected chi connectivity index (χ0v) is 17.5. The number of amides is 1. The molecule has 1 amide bonds. The molecule has 0 unspecified atom stereocenters. The molecule has 4 rings (SSSR count). The minimum absolute atomic E-state index is 0.281. The van der Waals surface area contributed by atoms with E-state index >= 15 is 0 Å². The summed E-state index contributed by atoms with van der Waals surface area (Å²) in [6, 6.07) is 16.2. The van der Waals surface area contributed by atoms with Crippen LogP contribution in [0.3, 0.4) is 0 Å². The molecular formula is C24H20FN5O2. The maximum atomic E-state index is 13.2. The molecule has 0 aliphatic heterocycles. The van der Waals surface area contributed by atoms with E-state index in [1.54, 1.807) is 47.2 Å². The third-order valence-corrected chi connectivity index (χ3v) is 4.92. The molecule has 0 aliphatic carbocycles. The number of nitrogens with one attached hydrogen (secondary N) is 2. The number of H-pyrrole nitrogens is 1. The molecule has 4 aromatic rings. The van der Waals surface area contributed by atoms with E-state index in [1.165, 1.54) is 24.3 Å². The monoisotopic (exact) mass is 429 g/mol. The second-order valence-corrected chi connectivity index (χ2v) is 7.18. The van der Waals surface area contributed by atoms with Gasteiger partial charge in [-0.25, -0.2) is 14.2 Å². The van der Waals surface area contributed by atoms with Crippen molar-refractivity contribution in [1.29, 1.82) is 0 Å². The molecule has 7 nitrogen and oxygen atoms in total. The van der Waals surface area contributed by atoms with Crippen LogP contribution in [0, 0.1) is 19.7 Å². The molecule has 0 spiro atoms. The number of anilines is 1. The van der Waals surface area contributed by atoms with Crippen LogP contribution in [-0.2, 0) is 4.79 Å². The summed E-state index contributed by atoms with van der Waals surface area (Å²) in [6.45, 7) is 3.74. The van der Waals surface area contributed by atoms with Crippen LogP contribution in [0.4, 0.5) is 10.1 Å². The number of carbonyl (C=O) groups is 1. The highest BCUT2D eigenvalue weighted by Gasteiger charge is 2.11. The zero-order valence-electron chi connectivity index (χ0n) is 17.5. The Morgan fingerprint density at radius 1 is 1.09 bits per heavy atom. The molecule has 0 fully saturated rings. The Bertz CT molecular complexity index is 1350. The Labute approximate surface area is 183 Å². The molecule has 160 valence electrons. The quantitative estimate of drug-likeness (QED) is 0.469. The van der Waals surface area contributed by atoms with Crippen molar-refractivity contribution in [3.05, 3.63) is 99.9 Å². The first-order valence-electron chi connectivity index (χ1n) is 9.88. The van der Waals surface area contributed by atoms with Crippen LogP contribution in [-0.4, -0.2) is 25.9 Å². The van der Waals surface area contributed by atoms with Crippen molar-refractivity contribution in [2.75, 3.05) is 5.32 Å². The Morgan fingerprint density at radius 2 is 1.88 bits per heavy atom. The highest BCUT2D eigenvalue weighted by atomic mass is 19.1. The van der Waals surface area contributed by atoms with Gasteiger partial charge < -0.3 is 5.32 Å². The van der Waals surface area contributed by atoms with E-state index in [4.69, 9.17) is 0 Å². The maximum Gasteiger partial charge on any atom is 0.264 e. The van der Waals surface area contributed by atoms with Crippen molar-refractivity contribution in [3.8, 4) is 16.9 Å². The van der Waals surface area contributed by atoms with Crippen molar-refractivity contribution >= 4 is 17.7 Å². The van der Waals surface area contributed by atoms with E-state index in [2.05, 4.69) is 20.6 Å². The summed E-state index contributed by atoms with van der Waals surface area (Å²) in [5.74, 6) is -0.614. The Balaban J connectivity index is 1.51. The summed E-state index contributed by atoms with van der Waals surface area (Å²) in [5, 5.41) is 13.7. The predicted molar refractivity (Wildman–Crippen MR) is 121 cm³/mol. The first kappa shape index (κ1) is 20.9. The van der Waals surface area contributed by atoms with E-state index in [1.807, 2.05) is 19.9 Å². The molecule has 2 heterocycles. The van der Waals surface area contributed by atoms with Gasteiger partial charge in [0.05, 0.1) is 17.1 Å². The lowest BCUT2D eigenvalue weighted by atomic mass is 10.1.